The Kier molecular flexibility index (Phi) is 6.28. The highest BCUT2D eigenvalue weighted by Gasteiger charge is 2.21. The zero-order valence-electron chi connectivity index (χ0n) is 13.9. The lowest BCUT2D eigenvalue weighted by molar-refractivity contribution is -0.113. The molecule has 0 aliphatic carbocycles. The molecule has 1 fully saturated rings. The number of amides is 1. The van der Waals surface area contributed by atoms with Crippen molar-refractivity contribution in [2.75, 3.05) is 17.7 Å². The van der Waals surface area contributed by atoms with E-state index in [0.29, 0.717) is 5.69 Å². The standard InChI is InChI=1S/C16H20ClN5O2S/c1-2-13-20-21-16(22(13)9-11-5-4-8-24-11)25-10-14(23)19-12-6-3-7-18-15(12)17/h3,6-7,11H,2,4-5,8-10H2,1H3,(H,19,23). The fourth-order valence-electron chi connectivity index (χ4n) is 2.66. The summed E-state index contributed by atoms with van der Waals surface area (Å²) in [7, 11) is 0. The number of nitrogens with zero attached hydrogens (tertiary/aromatic N) is 4. The van der Waals surface area contributed by atoms with E-state index in [1.807, 2.05) is 6.92 Å². The molecule has 2 aromatic heterocycles. The van der Waals surface area contributed by atoms with Crippen LogP contribution in [0.5, 0.6) is 0 Å². The number of pyridine rings is 1. The first-order chi connectivity index (χ1) is 12.2. The molecule has 0 spiro atoms. The number of halogens is 1. The molecule has 1 aliphatic heterocycles. The molecule has 25 heavy (non-hydrogen) atoms. The van der Waals surface area contributed by atoms with Gasteiger partial charge in [-0.2, -0.15) is 0 Å². The molecular weight excluding hydrogens is 362 g/mol. The molecule has 0 saturated carbocycles. The number of rotatable bonds is 7. The number of hydrogen-bond donors (Lipinski definition) is 1. The topological polar surface area (TPSA) is 81.9 Å². The van der Waals surface area contributed by atoms with Crippen molar-refractivity contribution in [3.05, 3.63) is 29.3 Å². The van der Waals surface area contributed by atoms with Crippen LogP contribution in [0.3, 0.4) is 0 Å². The predicted molar refractivity (Wildman–Crippen MR) is 97.0 cm³/mol. The fraction of sp³-hybridized carbons (Fsp3) is 0.500. The van der Waals surface area contributed by atoms with Crippen LogP contribution in [0.25, 0.3) is 0 Å². The van der Waals surface area contributed by atoms with Gasteiger partial charge in [-0.15, -0.1) is 10.2 Å². The number of aromatic nitrogens is 4. The molecule has 0 bridgehead atoms. The maximum Gasteiger partial charge on any atom is 0.234 e. The van der Waals surface area contributed by atoms with E-state index >= 15 is 0 Å². The van der Waals surface area contributed by atoms with Crippen LogP contribution >= 0.6 is 23.4 Å². The quantitative estimate of drug-likeness (QED) is 0.586. The Morgan fingerprint density at radius 1 is 1.52 bits per heavy atom. The Balaban J connectivity index is 1.61. The Bertz CT molecular complexity index is 733. The van der Waals surface area contributed by atoms with Crippen molar-refractivity contribution >= 4 is 35.0 Å². The van der Waals surface area contributed by atoms with Crippen molar-refractivity contribution in [1.29, 1.82) is 0 Å². The maximum absolute atomic E-state index is 12.2. The van der Waals surface area contributed by atoms with E-state index < -0.39 is 0 Å². The summed E-state index contributed by atoms with van der Waals surface area (Å²) in [4.78, 5) is 16.1. The van der Waals surface area contributed by atoms with Crippen molar-refractivity contribution < 1.29 is 9.53 Å². The minimum atomic E-state index is -0.162. The number of hydrogen-bond acceptors (Lipinski definition) is 6. The molecular formula is C16H20ClN5O2S. The van der Waals surface area contributed by atoms with Gasteiger partial charge in [-0.1, -0.05) is 30.3 Å². The highest BCUT2D eigenvalue weighted by Crippen LogP contribution is 2.23. The number of anilines is 1. The minimum Gasteiger partial charge on any atom is -0.376 e. The molecule has 1 unspecified atom stereocenters. The predicted octanol–water partition coefficient (Wildman–Crippen LogP) is 2.80. The first-order valence-electron chi connectivity index (χ1n) is 8.24. The summed E-state index contributed by atoms with van der Waals surface area (Å²) in [5, 5.41) is 12.2. The second-order valence-corrected chi connectivity index (χ2v) is 6.98. The van der Waals surface area contributed by atoms with Crippen molar-refractivity contribution in [2.45, 2.75) is 44.0 Å². The zero-order chi connectivity index (χ0) is 17.6. The summed E-state index contributed by atoms with van der Waals surface area (Å²) in [6.45, 7) is 3.58. The monoisotopic (exact) mass is 381 g/mol. The molecule has 1 amide bonds. The highest BCUT2D eigenvalue weighted by atomic mass is 35.5. The van der Waals surface area contributed by atoms with Crippen molar-refractivity contribution in [3.63, 3.8) is 0 Å². The lowest BCUT2D eigenvalue weighted by Gasteiger charge is -2.14. The second kappa shape index (κ2) is 8.64. The Morgan fingerprint density at radius 2 is 2.40 bits per heavy atom. The summed E-state index contributed by atoms with van der Waals surface area (Å²) < 4.78 is 7.77. The van der Waals surface area contributed by atoms with Crippen LogP contribution in [-0.4, -0.2) is 44.1 Å². The number of aryl methyl sites for hydroxylation is 1. The van der Waals surface area contributed by atoms with Crippen molar-refractivity contribution in [1.82, 2.24) is 19.7 Å². The molecule has 134 valence electrons. The number of carbonyl (C=O) groups excluding carboxylic acids is 1. The van der Waals surface area contributed by atoms with Crippen LogP contribution in [0.15, 0.2) is 23.5 Å². The molecule has 0 aromatic carbocycles. The van der Waals surface area contributed by atoms with Crippen LogP contribution < -0.4 is 5.32 Å². The number of carbonyl (C=O) groups is 1. The normalized spacial score (nSPS) is 17.0. The van der Waals surface area contributed by atoms with Gasteiger partial charge in [0.25, 0.3) is 0 Å². The zero-order valence-corrected chi connectivity index (χ0v) is 15.5. The smallest absolute Gasteiger partial charge is 0.234 e. The molecule has 1 aliphatic rings. The third-order valence-corrected chi connectivity index (χ3v) is 5.15. The van der Waals surface area contributed by atoms with E-state index in [2.05, 4.69) is 25.1 Å². The Morgan fingerprint density at radius 3 is 3.12 bits per heavy atom. The molecule has 0 radical (unpaired) electrons. The molecule has 2 aromatic rings. The molecule has 9 heteroatoms. The average molecular weight is 382 g/mol. The summed E-state index contributed by atoms with van der Waals surface area (Å²) in [5.74, 6) is 0.969. The van der Waals surface area contributed by atoms with Gasteiger partial charge in [-0.25, -0.2) is 4.98 Å². The van der Waals surface area contributed by atoms with Crippen LogP contribution in [0.4, 0.5) is 5.69 Å². The molecule has 3 rings (SSSR count). The highest BCUT2D eigenvalue weighted by molar-refractivity contribution is 7.99. The fourth-order valence-corrected chi connectivity index (χ4v) is 3.59. The van der Waals surface area contributed by atoms with E-state index in [4.69, 9.17) is 16.3 Å². The van der Waals surface area contributed by atoms with Crippen LogP contribution in [-0.2, 0) is 22.5 Å². The number of nitrogens with one attached hydrogen (secondary N) is 1. The summed E-state index contributed by atoms with van der Waals surface area (Å²) in [5.41, 5.74) is 0.504. The summed E-state index contributed by atoms with van der Waals surface area (Å²) >= 11 is 7.31. The van der Waals surface area contributed by atoms with Gasteiger partial charge in [0.05, 0.1) is 24.1 Å². The minimum absolute atomic E-state index is 0.162. The molecule has 1 saturated heterocycles. The first kappa shape index (κ1) is 18.2. The van der Waals surface area contributed by atoms with E-state index in [-0.39, 0.29) is 22.9 Å². The SMILES string of the molecule is CCc1nnc(SCC(=O)Nc2cccnc2Cl)n1CC1CCCO1. The molecule has 1 atom stereocenters. The Hall–Kier alpha value is -1.64. The van der Waals surface area contributed by atoms with E-state index in [0.717, 1.165) is 43.4 Å². The van der Waals surface area contributed by atoms with Crippen molar-refractivity contribution in [3.8, 4) is 0 Å². The van der Waals surface area contributed by atoms with Gasteiger partial charge in [-0.05, 0) is 25.0 Å². The van der Waals surface area contributed by atoms with Crippen molar-refractivity contribution in [2.24, 2.45) is 0 Å². The molecule has 7 nitrogen and oxygen atoms in total. The lowest BCUT2D eigenvalue weighted by Crippen LogP contribution is -2.19. The van der Waals surface area contributed by atoms with E-state index in [1.54, 1.807) is 18.3 Å². The maximum atomic E-state index is 12.2. The van der Waals surface area contributed by atoms with Crippen LogP contribution in [0.1, 0.15) is 25.6 Å². The average Bonchev–Trinajstić information content (AvgIpc) is 3.25. The van der Waals surface area contributed by atoms with Gasteiger partial charge in [0.2, 0.25) is 5.91 Å². The lowest BCUT2D eigenvalue weighted by atomic mass is 10.2. The molecule has 1 N–H and O–H groups in total. The summed E-state index contributed by atoms with van der Waals surface area (Å²) in [6, 6.07) is 3.44. The van der Waals surface area contributed by atoms with Gasteiger partial charge in [-0.3, -0.25) is 4.79 Å². The third-order valence-electron chi connectivity index (χ3n) is 3.89. The van der Waals surface area contributed by atoms with Gasteiger partial charge in [0.15, 0.2) is 10.3 Å². The number of ether oxygens (including phenoxy) is 1. The number of thioether (sulfide) groups is 1. The van der Waals surface area contributed by atoms with Gasteiger partial charge < -0.3 is 14.6 Å². The largest absolute Gasteiger partial charge is 0.376 e. The van der Waals surface area contributed by atoms with Gasteiger partial charge >= 0.3 is 0 Å². The molecule has 3 heterocycles. The summed E-state index contributed by atoms with van der Waals surface area (Å²) in [6.07, 6.45) is 4.70. The third kappa shape index (κ3) is 4.71. The first-order valence-corrected chi connectivity index (χ1v) is 9.60. The van der Waals surface area contributed by atoms with Gasteiger partial charge in [0, 0.05) is 19.2 Å². The van der Waals surface area contributed by atoms with E-state index in [9.17, 15) is 4.79 Å². The van der Waals surface area contributed by atoms with Crippen LogP contribution in [0.2, 0.25) is 5.15 Å². The van der Waals surface area contributed by atoms with E-state index in [1.165, 1.54) is 11.8 Å². The Labute approximate surface area is 155 Å². The second-order valence-electron chi connectivity index (χ2n) is 5.68. The van der Waals surface area contributed by atoms with Crippen LogP contribution in [0, 0.1) is 0 Å². The van der Waals surface area contributed by atoms with Gasteiger partial charge in [0.1, 0.15) is 5.82 Å².